The van der Waals surface area contributed by atoms with E-state index in [9.17, 15) is 13.6 Å². The van der Waals surface area contributed by atoms with Gasteiger partial charge in [-0.1, -0.05) is 49.3 Å². The van der Waals surface area contributed by atoms with Gasteiger partial charge in [-0.25, -0.2) is 0 Å². The van der Waals surface area contributed by atoms with E-state index >= 15 is 17.6 Å². The summed E-state index contributed by atoms with van der Waals surface area (Å²) in [4.78, 5) is 11.9. The number of hydrogen-bond donors (Lipinski definition) is 0. The lowest BCUT2D eigenvalue weighted by Gasteiger charge is -2.32. The van der Waals surface area contributed by atoms with Crippen molar-refractivity contribution < 1.29 is 31.1 Å². The zero-order valence-electron chi connectivity index (χ0n) is 23.7. The van der Waals surface area contributed by atoms with Crippen molar-refractivity contribution in [2.24, 2.45) is 5.41 Å². The highest BCUT2D eigenvalue weighted by molar-refractivity contribution is 7.14. The van der Waals surface area contributed by atoms with Gasteiger partial charge in [-0.05, 0) is 87.3 Å². The molecule has 4 rings (SSSR count). The van der Waals surface area contributed by atoms with Crippen LogP contribution in [0.3, 0.4) is 0 Å². The fourth-order valence-electron chi connectivity index (χ4n) is 5.65. The number of rotatable bonds is 7. The molecule has 0 aliphatic heterocycles. The maximum Gasteiger partial charge on any atom is 0.380 e. The zero-order chi connectivity index (χ0) is 30.5. The minimum Gasteiger partial charge on any atom is -0.297 e. The van der Waals surface area contributed by atoms with Crippen LogP contribution in [0, 0.1) is 19.3 Å². The molecule has 0 unspecified atom stereocenters. The third-order valence-electron chi connectivity index (χ3n) is 7.87. The molecule has 0 amide bonds. The minimum absolute atomic E-state index is 0.0148. The Kier molecular flexibility index (Phi) is 8.30. The van der Waals surface area contributed by atoms with Gasteiger partial charge in [0.25, 0.3) is 0 Å². The summed E-state index contributed by atoms with van der Waals surface area (Å²) in [6.45, 7) is 11.3. The molecule has 0 aromatic carbocycles. The Hall–Kier alpha value is -2.65. The molecule has 0 N–H and O–H groups in total. The zero-order valence-corrected chi connectivity index (χ0v) is 25.4. The summed E-state index contributed by atoms with van der Waals surface area (Å²) in [5.74, 6) is -15.9. The molecule has 2 aliphatic carbocycles. The SMILES string of the molecule is CC1=C(/C=C/C(C)=C/C=C/c2cc(C3=C(c4cc(C=O)sc4C)C(F)(F)C(F)(F)C3(F)F)c(C)s2)C(C)(C)CCC1. The van der Waals surface area contributed by atoms with E-state index < -0.39 is 34.5 Å². The number of aldehydes is 1. The van der Waals surface area contributed by atoms with Gasteiger partial charge < -0.3 is 0 Å². The van der Waals surface area contributed by atoms with Gasteiger partial charge in [0, 0.05) is 25.8 Å². The van der Waals surface area contributed by atoms with Crippen LogP contribution in [0.1, 0.15) is 82.4 Å². The van der Waals surface area contributed by atoms with Crippen LogP contribution in [0.15, 0.2) is 53.2 Å². The fourth-order valence-corrected chi connectivity index (χ4v) is 7.45. The number of alkyl halides is 6. The molecule has 2 aromatic heterocycles. The van der Waals surface area contributed by atoms with Crippen LogP contribution in [-0.2, 0) is 0 Å². The van der Waals surface area contributed by atoms with Crippen molar-refractivity contribution >= 4 is 46.2 Å². The average molecular weight is 611 g/mol. The lowest BCUT2D eigenvalue weighted by molar-refractivity contribution is -0.254. The van der Waals surface area contributed by atoms with E-state index in [1.165, 1.54) is 37.5 Å². The highest BCUT2D eigenvalue weighted by Crippen LogP contribution is 2.65. The van der Waals surface area contributed by atoms with Crippen molar-refractivity contribution in [3.8, 4) is 0 Å². The molecule has 2 heterocycles. The van der Waals surface area contributed by atoms with E-state index in [2.05, 4.69) is 26.8 Å². The molecule has 9 heteroatoms. The molecule has 1 nitrogen and oxygen atoms in total. The summed E-state index contributed by atoms with van der Waals surface area (Å²) in [7, 11) is 0. The Labute approximate surface area is 244 Å². The van der Waals surface area contributed by atoms with Gasteiger partial charge >= 0.3 is 17.8 Å². The molecule has 0 fully saturated rings. The summed E-state index contributed by atoms with van der Waals surface area (Å²) < 4.78 is 90.0. The Balaban J connectivity index is 1.72. The third-order valence-corrected chi connectivity index (χ3v) is 9.86. The Morgan fingerprint density at radius 2 is 1.39 bits per heavy atom. The largest absolute Gasteiger partial charge is 0.380 e. The summed E-state index contributed by atoms with van der Waals surface area (Å²) in [5.41, 5.74) is 0.0863. The van der Waals surface area contributed by atoms with Crippen LogP contribution in [0.5, 0.6) is 0 Å². The molecule has 2 aliphatic rings. The van der Waals surface area contributed by atoms with Crippen molar-refractivity contribution in [1.29, 1.82) is 0 Å². The molecular weight excluding hydrogens is 578 g/mol. The number of allylic oxidation sites excluding steroid dienone is 9. The summed E-state index contributed by atoms with van der Waals surface area (Å²) >= 11 is 1.84. The highest BCUT2D eigenvalue weighted by atomic mass is 32.1. The van der Waals surface area contributed by atoms with Crippen LogP contribution < -0.4 is 0 Å². The van der Waals surface area contributed by atoms with Crippen LogP contribution >= 0.6 is 22.7 Å². The van der Waals surface area contributed by atoms with Crippen LogP contribution in [0.4, 0.5) is 26.3 Å². The standard InChI is InChI=1S/C32H32F6OS2/c1-18(12-13-26-19(2)10-8-14-29(26,5)6)9-7-11-22-15-24(20(3)40-22)27-28(25-16-23(17-39)41-21(25)4)31(35,36)32(37,38)30(27,33)34/h7,9,11-13,15-17H,8,10,14H2,1-6H3/b11-7+,13-12+,18-9+. The maximum absolute atomic E-state index is 15.2. The number of halogens is 6. The van der Waals surface area contributed by atoms with Crippen LogP contribution in [0.2, 0.25) is 0 Å². The third kappa shape index (κ3) is 5.36. The molecule has 2 aromatic rings. The quantitative estimate of drug-likeness (QED) is 0.173. The number of carbonyl (C=O) groups excluding carboxylic acids is 1. The molecule has 41 heavy (non-hydrogen) atoms. The first-order chi connectivity index (χ1) is 19.0. The van der Waals surface area contributed by atoms with Crippen LogP contribution in [-0.4, -0.2) is 24.1 Å². The lowest BCUT2D eigenvalue weighted by Crippen LogP contribution is -2.48. The van der Waals surface area contributed by atoms with Gasteiger partial charge in [-0.3, -0.25) is 4.79 Å². The fraction of sp³-hybridized carbons (Fsp3) is 0.406. The van der Waals surface area contributed by atoms with E-state index in [-0.39, 0.29) is 25.6 Å². The predicted molar refractivity (Wildman–Crippen MR) is 157 cm³/mol. The first-order valence-electron chi connectivity index (χ1n) is 13.2. The maximum atomic E-state index is 15.2. The smallest absolute Gasteiger partial charge is 0.297 e. The molecule has 0 saturated heterocycles. The van der Waals surface area contributed by atoms with Gasteiger partial charge in [0.1, 0.15) is 0 Å². The van der Waals surface area contributed by atoms with Crippen molar-refractivity contribution in [2.75, 3.05) is 0 Å². The van der Waals surface area contributed by atoms with E-state index in [4.69, 9.17) is 0 Å². The summed E-state index contributed by atoms with van der Waals surface area (Å²) in [5, 5.41) is 0. The monoisotopic (exact) mass is 610 g/mol. The summed E-state index contributed by atoms with van der Waals surface area (Å²) in [6, 6.07) is 2.22. The van der Waals surface area contributed by atoms with Crippen molar-refractivity contribution in [1.82, 2.24) is 0 Å². The van der Waals surface area contributed by atoms with Crippen molar-refractivity contribution in [2.45, 2.75) is 78.6 Å². The molecule has 0 saturated carbocycles. The van der Waals surface area contributed by atoms with Gasteiger partial charge in [-0.2, -0.15) is 26.3 Å². The molecular formula is C32H32F6OS2. The Morgan fingerprint density at radius 1 is 0.854 bits per heavy atom. The molecule has 0 radical (unpaired) electrons. The minimum atomic E-state index is -5.64. The molecule has 0 atom stereocenters. The summed E-state index contributed by atoms with van der Waals surface area (Å²) in [6.07, 6.45) is 13.1. The normalized spacial score (nSPS) is 22.0. The molecule has 0 spiro atoms. The van der Waals surface area contributed by atoms with Gasteiger partial charge in [-0.15, -0.1) is 22.7 Å². The highest BCUT2D eigenvalue weighted by Gasteiger charge is 2.80. The Morgan fingerprint density at radius 3 is 1.90 bits per heavy atom. The van der Waals surface area contributed by atoms with Crippen LogP contribution in [0.25, 0.3) is 17.2 Å². The lowest BCUT2D eigenvalue weighted by atomic mass is 9.72. The number of hydrogen-bond acceptors (Lipinski definition) is 3. The number of thiophene rings is 2. The van der Waals surface area contributed by atoms with Gasteiger partial charge in [0.05, 0.1) is 4.88 Å². The second-order valence-electron chi connectivity index (χ2n) is 11.4. The van der Waals surface area contributed by atoms with Crippen molar-refractivity contribution in [3.63, 3.8) is 0 Å². The van der Waals surface area contributed by atoms with E-state index in [1.54, 1.807) is 12.2 Å². The number of carbonyl (C=O) groups is 1. The topological polar surface area (TPSA) is 17.1 Å². The first-order valence-corrected chi connectivity index (χ1v) is 14.9. The molecule has 0 bridgehead atoms. The second kappa shape index (κ2) is 10.9. The average Bonchev–Trinajstić information content (AvgIpc) is 3.44. The van der Waals surface area contributed by atoms with E-state index in [0.717, 1.165) is 47.2 Å². The van der Waals surface area contributed by atoms with E-state index in [0.29, 0.717) is 11.2 Å². The van der Waals surface area contributed by atoms with Gasteiger partial charge in [0.2, 0.25) is 0 Å². The van der Waals surface area contributed by atoms with Crippen molar-refractivity contribution in [3.05, 3.63) is 83.8 Å². The Bertz CT molecular complexity index is 1520. The first kappa shape index (κ1) is 31.3. The number of aryl methyl sites for hydroxylation is 2. The second-order valence-corrected chi connectivity index (χ2v) is 13.9. The molecule has 220 valence electrons. The van der Waals surface area contributed by atoms with E-state index in [1.807, 2.05) is 19.1 Å². The predicted octanol–water partition coefficient (Wildman–Crippen LogP) is 11.1. The van der Waals surface area contributed by atoms with Gasteiger partial charge in [0.15, 0.2) is 6.29 Å².